The normalized spacial score (nSPS) is 12.3. The number of hydrogen-bond donors (Lipinski definition) is 0. The quantitative estimate of drug-likeness (QED) is 0.730. The van der Waals surface area contributed by atoms with Crippen molar-refractivity contribution >= 4 is 17.5 Å². The van der Waals surface area contributed by atoms with Crippen LogP contribution in [-0.2, 0) is 5.75 Å². The molecule has 18 heavy (non-hydrogen) atoms. The van der Waals surface area contributed by atoms with Crippen molar-refractivity contribution in [3.63, 3.8) is 0 Å². The SMILES string of the molecule is CCC(SCc1ccco1)C(=O)c1ccccc1. The van der Waals surface area contributed by atoms with Crippen LogP contribution >= 0.6 is 11.8 Å². The molecule has 1 atom stereocenters. The molecular weight excluding hydrogens is 244 g/mol. The minimum absolute atomic E-state index is 0.00231. The van der Waals surface area contributed by atoms with Gasteiger partial charge in [0, 0.05) is 5.56 Å². The van der Waals surface area contributed by atoms with Crippen LogP contribution in [0.3, 0.4) is 0 Å². The van der Waals surface area contributed by atoms with Gasteiger partial charge in [0.15, 0.2) is 5.78 Å². The fourth-order valence-corrected chi connectivity index (χ4v) is 2.80. The third-order valence-corrected chi connectivity index (χ3v) is 4.13. The standard InChI is InChI=1S/C15H16O2S/c1-2-14(18-11-13-9-6-10-17-13)15(16)12-7-4-3-5-8-12/h3-10,14H,2,11H2,1H3. The van der Waals surface area contributed by atoms with Gasteiger partial charge in [-0.3, -0.25) is 4.79 Å². The van der Waals surface area contributed by atoms with E-state index in [0.717, 1.165) is 23.5 Å². The van der Waals surface area contributed by atoms with Gasteiger partial charge in [-0.2, -0.15) is 0 Å². The summed E-state index contributed by atoms with van der Waals surface area (Å²) in [5, 5.41) is -0.00231. The Labute approximate surface area is 111 Å². The van der Waals surface area contributed by atoms with E-state index in [2.05, 4.69) is 0 Å². The molecule has 1 aromatic heterocycles. The summed E-state index contributed by atoms with van der Waals surface area (Å²) in [4.78, 5) is 12.3. The summed E-state index contributed by atoms with van der Waals surface area (Å²) in [7, 11) is 0. The minimum atomic E-state index is -0.00231. The monoisotopic (exact) mass is 260 g/mol. The van der Waals surface area contributed by atoms with E-state index in [1.165, 1.54) is 0 Å². The summed E-state index contributed by atoms with van der Waals surface area (Å²) in [6.07, 6.45) is 2.50. The van der Waals surface area contributed by atoms with Crippen LogP contribution in [0.1, 0.15) is 29.5 Å². The van der Waals surface area contributed by atoms with Crippen LogP contribution in [0.2, 0.25) is 0 Å². The highest BCUT2D eigenvalue weighted by atomic mass is 32.2. The zero-order valence-corrected chi connectivity index (χ0v) is 11.2. The van der Waals surface area contributed by atoms with Crippen molar-refractivity contribution in [2.24, 2.45) is 0 Å². The van der Waals surface area contributed by atoms with Crippen molar-refractivity contribution in [1.29, 1.82) is 0 Å². The molecule has 0 spiro atoms. The Morgan fingerprint density at radius 1 is 1.22 bits per heavy atom. The summed E-state index contributed by atoms with van der Waals surface area (Å²) >= 11 is 1.64. The van der Waals surface area contributed by atoms with Crippen molar-refractivity contribution < 1.29 is 9.21 Å². The number of carbonyl (C=O) groups excluding carboxylic acids is 1. The van der Waals surface area contributed by atoms with Crippen molar-refractivity contribution in [3.05, 3.63) is 60.1 Å². The zero-order valence-electron chi connectivity index (χ0n) is 10.3. The Morgan fingerprint density at radius 2 is 2.00 bits per heavy atom. The second-order valence-corrected chi connectivity index (χ2v) is 5.21. The van der Waals surface area contributed by atoms with E-state index in [9.17, 15) is 4.79 Å². The highest BCUT2D eigenvalue weighted by Crippen LogP contribution is 2.23. The lowest BCUT2D eigenvalue weighted by atomic mass is 10.1. The van der Waals surface area contributed by atoms with Gasteiger partial charge in [-0.15, -0.1) is 11.8 Å². The number of hydrogen-bond acceptors (Lipinski definition) is 3. The lowest BCUT2D eigenvalue weighted by Gasteiger charge is -2.12. The van der Waals surface area contributed by atoms with Gasteiger partial charge in [0.2, 0.25) is 0 Å². The van der Waals surface area contributed by atoms with E-state index < -0.39 is 0 Å². The number of furan rings is 1. The van der Waals surface area contributed by atoms with Crippen LogP contribution in [0.5, 0.6) is 0 Å². The first-order valence-electron chi connectivity index (χ1n) is 6.04. The molecule has 94 valence electrons. The van der Waals surface area contributed by atoms with Crippen LogP contribution < -0.4 is 0 Å². The zero-order chi connectivity index (χ0) is 12.8. The molecule has 2 aromatic rings. The summed E-state index contributed by atoms with van der Waals surface area (Å²) in [5.74, 6) is 1.86. The molecule has 0 saturated heterocycles. The number of carbonyl (C=O) groups is 1. The van der Waals surface area contributed by atoms with Crippen LogP contribution in [0.25, 0.3) is 0 Å². The fraction of sp³-hybridized carbons (Fsp3) is 0.267. The van der Waals surface area contributed by atoms with Gasteiger partial charge >= 0.3 is 0 Å². The van der Waals surface area contributed by atoms with E-state index in [1.54, 1.807) is 18.0 Å². The molecule has 0 bridgehead atoms. The fourth-order valence-electron chi connectivity index (χ4n) is 1.74. The molecular formula is C15H16O2S. The van der Waals surface area contributed by atoms with Crippen LogP contribution in [-0.4, -0.2) is 11.0 Å². The largest absolute Gasteiger partial charge is 0.468 e. The summed E-state index contributed by atoms with van der Waals surface area (Å²) in [6, 6.07) is 13.3. The van der Waals surface area contributed by atoms with Gasteiger partial charge in [-0.1, -0.05) is 37.3 Å². The Kier molecular flexibility index (Phi) is 4.65. The Hall–Kier alpha value is -1.48. The second kappa shape index (κ2) is 6.45. The van der Waals surface area contributed by atoms with Gasteiger partial charge in [-0.25, -0.2) is 0 Å². The number of Topliss-reactive ketones (excluding diaryl/α,β-unsaturated/α-hetero) is 1. The first-order valence-corrected chi connectivity index (χ1v) is 7.09. The van der Waals surface area contributed by atoms with Gasteiger partial charge in [0.05, 0.1) is 17.3 Å². The molecule has 0 N–H and O–H groups in total. The smallest absolute Gasteiger partial charge is 0.175 e. The highest BCUT2D eigenvalue weighted by Gasteiger charge is 2.18. The lowest BCUT2D eigenvalue weighted by molar-refractivity contribution is 0.0988. The molecule has 2 rings (SSSR count). The molecule has 0 aliphatic rings. The Morgan fingerprint density at radius 3 is 2.61 bits per heavy atom. The van der Waals surface area contributed by atoms with E-state index in [-0.39, 0.29) is 11.0 Å². The lowest BCUT2D eigenvalue weighted by Crippen LogP contribution is -2.16. The van der Waals surface area contributed by atoms with Gasteiger partial charge in [0.1, 0.15) is 5.76 Å². The number of ketones is 1. The van der Waals surface area contributed by atoms with Gasteiger partial charge < -0.3 is 4.42 Å². The molecule has 0 amide bonds. The first kappa shape index (κ1) is 13.0. The second-order valence-electron chi connectivity index (χ2n) is 4.02. The molecule has 0 fully saturated rings. The topological polar surface area (TPSA) is 30.2 Å². The summed E-state index contributed by atoms with van der Waals surface area (Å²) < 4.78 is 5.28. The Bertz CT molecular complexity index is 476. The summed E-state index contributed by atoms with van der Waals surface area (Å²) in [5.41, 5.74) is 0.788. The highest BCUT2D eigenvalue weighted by molar-refractivity contribution is 7.99. The van der Waals surface area contributed by atoms with Crippen molar-refractivity contribution in [3.8, 4) is 0 Å². The van der Waals surface area contributed by atoms with Crippen LogP contribution in [0.15, 0.2) is 53.1 Å². The Balaban J connectivity index is 1.98. The molecule has 2 nitrogen and oxygen atoms in total. The van der Waals surface area contributed by atoms with Crippen molar-refractivity contribution in [2.45, 2.75) is 24.3 Å². The molecule has 0 aliphatic heterocycles. The number of rotatable bonds is 6. The molecule has 1 aromatic carbocycles. The molecule has 0 saturated carbocycles. The average molecular weight is 260 g/mol. The molecule has 1 heterocycles. The van der Waals surface area contributed by atoms with Gasteiger partial charge in [-0.05, 0) is 18.6 Å². The predicted octanol–water partition coefficient (Wildman–Crippen LogP) is 4.17. The third kappa shape index (κ3) is 3.26. The number of benzene rings is 1. The van der Waals surface area contributed by atoms with E-state index in [4.69, 9.17) is 4.42 Å². The predicted molar refractivity (Wildman–Crippen MR) is 74.9 cm³/mol. The molecule has 0 aliphatic carbocycles. The van der Waals surface area contributed by atoms with E-state index in [0.29, 0.717) is 0 Å². The van der Waals surface area contributed by atoms with E-state index in [1.807, 2.05) is 49.4 Å². The van der Waals surface area contributed by atoms with Crippen molar-refractivity contribution in [1.82, 2.24) is 0 Å². The first-order chi connectivity index (χ1) is 8.81. The van der Waals surface area contributed by atoms with Crippen LogP contribution in [0.4, 0.5) is 0 Å². The third-order valence-electron chi connectivity index (χ3n) is 2.73. The van der Waals surface area contributed by atoms with Crippen molar-refractivity contribution in [2.75, 3.05) is 0 Å². The van der Waals surface area contributed by atoms with Gasteiger partial charge in [0.25, 0.3) is 0 Å². The number of thioether (sulfide) groups is 1. The van der Waals surface area contributed by atoms with E-state index >= 15 is 0 Å². The maximum absolute atomic E-state index is 12.3. The maximum Gasteiger partial charge on any atom is 0.175 e. The summed E-state index contributed by atoms with van der Waals surface area (Å²) in [6.45, 7) is 2.04. The molecule has 0 radical (unpaired) electrons. The van der Waals surface area contributed by atoms with Crippen LogP contribution in [0, 0.1) is 0 Å². The average Bonchev–Trinajstić information content (AvgIpc) is 2.93. The maximum atomic E-state index is 12.3. The minimum Gasteiger partial charge on any atom is -0.468 e. The molecule has 1 unspecified atom stereocenters. The molecule has 3 heteroatoms.